The molecule has 0 spiro atoms. The first-order chi connectivity index (χ1) is 15.9. The van der Waals surface area contributed by atoms with Gasteiger partial charge in [0.1, 0.15) is 5.82 Å². The van der Waals surface area contributed by atoms with Crippen LogP contribution >= 0.6 is 0 Å². The first kappa shape index (κ1) is 22.8. The first-order valence-electron chi connectivity index (χ1n) is 10.8. The zero-order valence-corrected chi connectivity index (χ0v) is 19.3. The molecule has 4 rings (SSSR count). The third-order valence-corrected chi connectivity index (χ3v) is 6.83. The Hall–Kier alpha value is -3.43. The van der Waals surface area contributed by atoms with E-state index in [0.29, 0.717) is 31.0 Å². The number of rotatable bonds is 7. The standard InChI is InChI=1S/C24H27N5O3S/c1-28(18-19-8-4-2-5-9-19)24(30)22-16-20(17-26-23(22)29-14-12-25-13-15-29)27-33(31,32)21-10-6-3-7-11-21/h2-11,16-17,25,27H,12-15,18H2,1H3. The van der Waals surface area contributed by atoms with Gasteiger partial charge in [-0.05, 0) is 23.8 Å². The van der Waals surface area contributed by atoms with E-state index in [1.165, 1.54) is 18.3 Å². The highest BCUT2D eigenvalue weighted by molar-refractivity contribution is 7.92. The Morgan fingerprint density at radius 2 is 1.70 bits per heavy atom. The molecule has 1 fully saturated rings. The van der Waals surface area contributed by atoms with Gasteiger partial charge < -0.3 is 15.1 Å². The van der Waals surface area contributed by atoms with Gasteiger partial charge in [-0.25, -0.2) is 13.4 Å². The minimum atomic E-state index is -3.80. The average Bonchev–Trinajstić information content (AvgIpc) is 2.85. The minimum absolute atomic E-state index is 0.144. The molecule has 172 valence electrons. The second-order valence-corrected chi connectivity index (χ2v) is 9.58. The molecule has 1 saturated heterocycles. The van der Waals surface area contributed by atoms with Crippen LogP contribution in [0.1, 0.15) is 15.9 Å². The van der Waals surface area contributed by atoms with E-state index >= 15 is 0 Å². The van der Waals surface area contributed by atoms with E-state index in [-0.39, 0.29) is 16.5 Å². The van der Waals surface area contributed by atoms with Crippen LogP contribution in [0.5, 0.6) is 0 Å². The predicted molar refractivity (Wildman–Crippen MR) is 129 cm³/mol. The van der Waals surface area contributed by atoms with Crippen molar-refractivity contribution in [3.8, 4) is 0 Å². The Bertz CT molecular complexity index is 1200. The molecule has 8 nitrogen and oxygen atoms in total. The zero-order chi connectivity index (χ0) is 23.3. The van der Waals surface area contributed by atoms with E-state index < -0.39 is 10.0 Å². The third kappa shape index (κ3) is 5.50. The Morgan fingerprint density at radius 1 is 1.06 bits per heavy atom. The summed E-state index contributed by atoms with van der Waals surface area (Å²) >= 11 is 0. The molecule has 0 saturated carbocycles. The van der Waals surface area contributed by atoms with Crippen LogP contribution in [0.4, 0.5) is 11.5 Å². The summed E-state index contributed by atoms with van der Waals surface area (Å²) in [5, 5.41) is 3.29. The van der Waals surface area contributed by atoms with Crippen LogP contribution < -0.4 is 14.9 Å². The molecule has 3 aromatic rings. The maximum Gasteiger partial charge on any atom is 0.261 e. The quantitative estimate of drug-likeness (QED) is 0.557. The van der Waals surface area contributed by atoms with Gasteiger partial charge in [-0.3, -0.25) is 9.52 Å². The van der Waals surface area contributed by atoms with E-state index in [2.05, 4.69) is 19.9 Å². The van der Waals surface area contributed by atoms with Crippen molar-refractivity contribution in [2.45, 2.75) is 11.4 Å². The average molecular weight is 466 g/mol. The number of benzene rings is 2. The number of amides is 1. The van der Waals surface area contributed by atoms with E-state index in [1.807, 2.05) is 30.3 Å². The number of aromatic nitrogens is 1. The molecular formula is C24H27N5O3S. The van der Waals surface area contributed by atoms with Gasteiger partial charge in [0.15, 0.2) is 0 Å². The number of sulfonamides is 1. The molecule has 1 aromatic heterocycles. The van der Waals surface area contributed by atoms with E-state index in [9.17, 15) is 13.2 Å². The highest BCUT2D eigenvalue weighted by atomic mass is 32.2. The lowest BCUT2D eigenvalue weighted by Crippen LogP contribution is -2.44. The smallest absolute Gasteiger partial charge is 0.261 e. The summed E-state index contributed by atoms with van der Waals surface area (Å²) in [6, 6.07) is 19.4. The molecule has 2 heterocycles. The van der Waals surface area contributed by atoms with Gasteiger partial charge in [0.05, 0.1) is 22.3 Å². The van der Waals surface area contributed by atoms with Crippen molar-refractivity contribution in [1.82, 2.24) is 15.2 Å². The summed E-state index contributed by atoms with van der Waals surface area (Å²) in [5.41, 5.74) is 1.61. The summed E-state index contributed by atoms with van der Waals surface area (Å²) in [5.74, 6) is 0.338. The number of nitrogens with one attached hydrogen (secondary N) is 2. The fourth-order valence-electron chi connectivity index (χ4n) is 3.75. The Balaban J connectivity index is 1.65. The first-order valence-corrected chi connectivity index (χ1v) is 12.3. The van der Waals surface area contributed by atoms with Crippen LogP contribution in [0.2, 0.25) is 0 Å². The van der Waals surface area contributed by atoms with Crippen molar-refractivity contribution in [2.75, 3.05) is 42.8 Å². The number of carbonyl (C=O) groups excluding carboxylic acids is 1. The molecule has 9 heteroatoms. The Kier molecular flexibility index (Phi) is 6.90. The molecule has 1 aliphatic heterocycles. The molecule has 0 radical (unpaired) electrons. The molecule has 1 aliphatic rings. The molecule has 1 amide bonds. The number of anilines is 2. The monoisotopic (exact) mass is 465 g/mol. The third-order valence-electron chi connectivity index (χ3n) is 5.43. The molecule has 2 aromatic carbocycles. The minimum Gasteiger partial charge on any atom is -0.353 e. The van der Waals surface area contributed by atoms with Crippen LogP contribution in [0.15, 0.2) is 77.8 Å². The van der Waals surface area contributed by atoms with Gasteiger partial charge in [0.25, 0.3) is 15.9 Å². The van der Waals surface area contributed by atoms with Crippen molar-refractivity contribution >= 4 is 27.4 Å². The van der Waals surface area contributed by atoms with Gasteiger partial charge in [-0.1, -0.05) is 48.5 Å². The fraction of sp³-hybridized carbons (Fsp3) is 0.250. The summed E-state index contributed by atoms with van der Waals surface area (Å²) in [6.07, 6.45) is 1.46. The van der Waals surface area contributed by atoms with Crippen LogP contribution in [0.25, 0.3) is 0 Å². The van der Waals surface area contributed by atoms with Gasteiger partial charge in [0, 0.05) is 39.8 Å². The van der Waals surface area contributed by atoms with Crippen molar-refractivity contribution in [3.05, 3.63) is 84.1 Å². The molecule has 0 atom stereocenters. The summed E-state index contributed by atoms with van der Waals surface area (Å²) < 4.78 is 28.1. The zero-order valence-electron chi connectivity index (χ0n) is 18.4. The van der Waals surface area contributed by atoms with Gasteiger partial charge in [-0.15, -0.1) is 0 Å². The van der Waals surface area contributed by atoms with E-state index in [4.69, 9.17) is 0 Å². The van der Waals surface area contributed by atoms with Gasteiger partial charge in [-0.2, -0.15) is 0 Å². The van der Waals surface area contributed by atoms with Crippen molar-refractivity contribution in [1.29, 1.82) is 0 Å². The van der Waals surface area contributed by atoms with E-state index in [1.54, 1.807) is 36.2 Å². The Labute approximate surface area is 194 Å². The molecule has 0 unspecified atom stereocenters. The molecule has 0 aliphatic carbocycles. The Morgan fingerprint density at radius 3 is 2.36 bits per heavy atom. The second-order valence-electron chi connectivity index (χ2n) is 7.90. The van der Waals surface area contributed by atoms with Crippen LogP contribution in [0.3, 0.4) is 0 Å². The molecule has 33 heavy (non-hydrogen) atoms. The van der Waals surface area contributed by atoms with Crippen LogP contribution in [-0.2, 0) is 16.6 Å². The summed E-state index contributed by atoms with van der Waals surface area (Å²) in [7, 11) is -2.07. The van der Waals surface area contributed by atoms with E-state index in [0.717, 1.165) is 18.7 Å². The number of hydrogen-bond acceptors (Lipinski definition) is 6. The maximum atomic E-state index is 13.5. The highest BCUT2D eigenvalue weighted by Crippen LogP contribution is 2.25. The lowest BCUT2D eigenvalue weighted by Gasteiger charge is -2.30. The van der Waals surface area contributed by atoms with Crippen molar-refractivity contribution in [2.24, 2.45) is 0 Å². The second kappa shape index (κ2) is 10.0. The predicted octanol–water partition coefficient (Wildman–Crippen LogP) is 2.56. The largest absolute Gasteiger partial charge is 0.353 e. The summed E-state index contributed by atoms with van der Waals surface area (Å²) in [4.78, 5) is 21.8. The lowest BCUT2D eigenvalue weighted by molar-refractivity contribution is 0.0785. The maximum absolute atomic E-state index is 13.5. The topological polar surface area (TPSA) is 94.6 Å². The van der Waals surface area contributed by atoms with Crippen molar-refractivity contribution in [3.63, 3.8) is 0 Å². The van der Waals surface area contributed by atoms with Crippen molar-refractivity contribution < 1.29 is 13.2 Å². The van der Waals surface area contributed by atoms with Gasteiger partial charge >= 0.3 is 0 Å². The van der Waals surface area contributed by atoms with Crippen LogP contribution in [-0.4, -0.2) is 57.4 Å². The number of pyridine rings is 1. The number of carbonyl (C=O) groups is 1. The number of piperazine rings is 1. The highest BCUT2D eigenvalue weighted by Gasteiger charge is 2.24. The number of nitrogens with zero attached hydrogens (tertiary/aromatic N) is 3. The number of hydrogen-bond donors (Lipinski definition) is 2. The summed E-state index contributed by atoms with van der Waals surface area (Å²) in [6.45, 7) is 3.44. The van der Waals surface area contributed by atoms with Crippen LogP contribution in [0, 0.1) is 0 Å². The normalized spacial score (nSPS) is 14.0. The fourth-order valence-corrected chi connectivity index (χ4v) is 4.80. The molecular weight excluding hydrogens is 438 g/mol. The molecule has 0 bridgehead atoms. The SMILES string of the molecule is CN(Cc1ccccc1)C(=O)c1cc(NS(=O)(=O)c2ccccc2)cnc1N1CCNCC1. The molecule has 2 N–H and O–H groups in total. The lowest BCUT2D eigenvalue weighted by atomic mass is 10.1. The van der Waals surface area contributed by atoms with Gasteiger partial charge in [0.2, 0.25) is 0 Å².